The summed E-state index contributed by atoms with van der Waals surface area (Å²) in [6, 6.07) is 11.2. The lowest BCUT2D eigenvalue weighted by Gasteiger charge is -2.21. The second kappa shape index (κ2) is 7.41. The van der Waals surface area contributed by atoms with E-state index in [9.17, 15) is 0 Å². The highest BCUT2D eigenvalue weighted by Gasteiger charge is 2.16. The van der Waals surface area contributed by atoms with Gasteiger partial charge in [0.1, 0.15) is 0 Å². The van der Waals surface area contributed by atoms with Gasteiger partial charge in [-0.2, -0.15) is 5.10 Å². The molecule has 1 N–H and O–H groups in total. The van der Waals surface area contributed by atoms with Gasteiger partial charge in [-0.05, 0) is 43.5 Å². The normalized spacial score (nSPS) is 12.6. The van der Waals surface area contributed by atoms with E-state index in [4.69, 9.17) is 0 Å². The molecule has 2 rings (SSSR count). The fourth-order valence-electron chi connectivity index (χ4n) is 2.73. The van der Waals surface area contributed by atoms with Crippen molar-refractivity contribution in [1.82, 2.24) is 15.1 Å². The average Bonchev–Trinajstić information content (AvgIpc) is 2.84. The molecule has 114 valence electrons. The Hall–Kier alpha value is -1.61. The minimum atomic E-state index is 0.353. The molecule has 3 heteroatoms. The van der Waals surface area contributed by atoms with Gasteiger partial charge in [-0.25, -0.2) is 0 Å². The molecule has 0 aliphatic rings. The molecule has 0 radical (unpaired) electrons. The van der Waals surface area contributed by atoms with E-state index >= 15 is 0 Å². The number of nitrogens with one attached hydrogen (secondary N) is 1. The van der Waals surface area contributed by atoms with Gasteiger partial charge < -0.3 is 5.32 Å². The van der Waals surface area contributed by atoms with Crippen LogP contribution in [-0.2, 0) is 19.9 Å². The minimum absolute atomic E-state index is 0.353. The number of aromatic nitrogens is 2. The molecule has 2 aromatic rings. The molecule has 0 spiro atoms. The molecular formula is C18H27N3. The SMILES string of the molecule is CCCNC(Cc1cc(CC)nn1C)c1ccccc1C. The summed E-state index contributed by atoms with van der Waals surface area (Å²) in [6.45, 7) is 7.59. The van der Waals surface area contributed by atoms with Gasteiger partial charge in [0.25, 0.3) is 0 Å². The van der Waals surface area contributed by atoms with Crippen molar-refractivity contribution in [3.63, 3.8) is 0 Å². The summed E-state index contributed by atoms with van der Waals surface area (Å²) in [4.78, 5) is 0. The van der Waals surface area contributed by atoms with E-state index in [-0.39, 0.29) is 0 Å². The quantitative estimate of drug-likeness (QED) is 0.843. The molecule has 21 heavy (non-hydrogen) atoms. The summed E-state index contributed by atoms with van der Waals surface area (Å²) in [5, 5.41) is 8.26. The molecule has 1 aromatic carbocycles. The van der Waals surface area contributed by atoms with E-state index in [1.54, 1.807) is 0 Å². The monoisotopic (exact) mass is 285 g/mol. The van der Waals surface area contributed by atoms with Crippen molar-refractivity contribution in [1.29, 1.82) is 0 Å². The average molecular weight is 285 g/mol. The fourth-order valence-corrected chi connectivity index (χ4v) is 2.73. The molecule has 1 atom stereocenters. The van der Waals surface area contributed by atoms with E-state index in [0.29, 0.717) is 6.04 Å². The maximum Gasteiger partial charge on any atom is 0.0624 e. The Bertz CT molecular complexity index is 572. The van der Waals surface area contributed by atoms with Crippen molar-refractivity contribution < 1.29 is 0 Å². The number of rotatable bonds is 7. The Morgan fingerprint density at radius 3 is 2.62 bits per heavy atom. The van der Waals surface area contributed by atoms with E-state index in [1.807, 2.05) is 11.7 Å². The van der Waals surface area contributed by atoms with Crippen LogP contribution >= 0.6 is 0 Å². The summed E-state index contributed by atoms with van der Waals surface area (Å²) in [5.41, 5.74) is 5.21. The first-order chi connectivity index (χ1) is 10.2. The molecule has 0 saturated carbocycles. The predicted molar refractivity (Wildman–Crippen MR) is 88.5 cm³/mol. The van der Waals surface area contributed by atoms with E-state index in [1.165, 1.54) is 22.5 Å². The molecule has 1 aromatic heterocycles. The van der Waals surface area contributed by atoms with Crippen molar-refractivity contribution >= 4 is 0 Å². The Labute approximate surface area is 128 Å². The first-order valence-electron chi connectivity index (χ1n) is 7.96. The second-order valence-electron chi connectivity index (χ2n) is 5.67. The topological polar surface area (TPSA) is 29.9 Å². The summed E-state index contributed by atoms with van der Waals surface area (Å²) < 4.78 is 2.03. The van der Waals surface area contributed by atoms with Crippen LogP contribution in [0.15, 0.2) is 30.3 Å². The van der Waals surface area contributed by atoms with Gasteiger partial charge in [-0.1, -0.05) is 38.1 Å². The van der Waals surface area contributed by atoms with Gasteiger partial charge in [0.15, 0.2) is 0 Å². The van der Waals surface area contributed by atoms with Crippen molar-refractivity contribution in [2.75, 3.05) is 6.54 Å². The molecule has 1 unspecified atom stereocenters. The van der Waals surface area contributed by atoms with Crippen molar-refractivity contribution in [3.8, 4) is 0 Å². The Morgan fingerprint density at radius 1 is 1.24 bits per heavy atom. The van der Waals surface area contributed by atoms with E-state index in [0.717, 1.165) is 25.8 Å². The van der Waals surface area contributed by atoms with Gasteiger partial charge in [0.2, 0.25) is 0 Å². The second-order valence-corrected chi connectivity index (χ2v) is 5.67. The predicted octanol–water partition coefficient (Wildman–Crippen LogP) is 3.57. The van der Waals surface area contributed by atoms with Crippen molar-refractivity contribution in [3.05, 3.63) is 52.8 Å². The van der Waals surface area contributed by atoms with Gasteiger partial charge in [-0.15, -0.1) is 0 Å². The Kier molecular flexibility index (Phi) is 5.57. The molecule has 1 heterocycles. The van der Waals surface area contributed by atoms with E-state index in [2.05, 4.69) is 61.5 Å². The molecule has 0 aliphatic heterocycles. The lowest BCUT2D eigenvalue weighted by Crippen LogP contribution is -2.25. The van der Waals surface area contributed by atoms with Crippen molar-refractivity contribution in [2.45, 2.75) is 46.1 Å². The van der Waals surface area contributed by atoms with Crippen molar-refractivity contribution in [2.24, 2.45) is 7.05 Å². The van der Waals surface area contributed by atoms with Gasteiger partial charge in [0, 0.05) is 25.2 Å². The Balaban J connectivity index is 2.24. The van der Waals surface area contributed by atoms with E-state index < -0.39 is 0 Å². The smallest absolute Gasteiger partial charge is 0.0624 e. The molecular weight excluding hydrogens is 258 g/mol. The third-order valence-corrected chi connectivity index (χ3v) is 4.01. The maximum atomic E-state index is 4.57. The molecule has 0 amide bonds. The number of nitrogens with zero attached hydrogens (tertiary/aromatic N) is 2. The van der Waals surface area contributed by atoms with Crippen LogP contribution in [0, 0.1) is 6.92 Å². The third kappa shape index (κ3) is 3.94. The Morgan fingerprint density at radius 2 is 2.00 bits per heavy atom. The number of benzene rings is 1. The first-order valence-corrected chi connectivity index (χ1v) is 7.96. The highest BCUT2D eigenvalue weighted by atomic mass is 15.3. The molecule has 0 saturated heterocycles. The summed E-state index contributed by atoms with van der Waals surface area (Å²) in [6.07, 6.45) is 3.12. The standard InChI is InChI=1S/C18H27N3/c1-5-11-19-18(17-10-8-7-9-14(17)3)13-16-12-15(6-2)20-21(16)4/h7-10,12,18-19H,5-6,11,13H2,1-4H3. The largest absolute Gasteiger partial charge is 0.310 e. The van der Waals surface area contributed by atoms with Gasteiger partial charge in [-0.3, -0.25) is 4.68 Å². The van der Waals surface area contributed by atoms with Crippen LogP contribution < -0.4 is 5.32 Å². The lowest BCUT2D eigenvalue weighted by atomic mass is 9.97. The number of hydrogen-bond donors (Lipinski definition) is 1. The highest BCUT2D eigenvalue weighted by molar-refractivity contribution is 5.30. The highest BCUT2D eigenvalue weighted by Crippen LogP contribution is 2.22. The zero-order valence-corrected chi connectivity index (χ0v) is 13.7. The van der Waals surface area contributed by atoms with Gasteiger partial charge in [0.05, 0.1) is 5.69 Å². The first kappa shape index (κ1) is 15.8. The molecule has 3 nitrogen and oxygen atoms in total. The summed E-state index contributed by atoms with van der Waals surface area (Å²) in [7, 11) is 2.04. The minimum Gasteiger partial charge on any atom is -0.310 e. The molecule has 0 bridgehead atoms. The van der Waals surface area contributed by atoms with Crippen LogP contribution in [0.4, 0.5) is 0 Å². The van der Waals surface area contributed by atoms with Gasteiger partial charge >= 0.3 is 0 Å². The van der Waals surface area contributed by atoms with Crippen LogP contribution in [0.3, 0.4) is 0 Å². The van der Waals surface area contributed by atoms with Crippen LogP contribution in [0.5, 0.6) is 0 Å². The number of aryl methyl sites for hydroxylation is 3. The van der Waals surface area contributed by atoms with Crippen LogP contribution in [0.25, 0.3) is 0 Å². The van der Waals surface area contributed by atoms with Crippen LogP contribution in [0.1, 0.15) is 48.8 Å². The maximum absolute atomic E-state index is 4.57. The van der Waals surface area contributed by atoms with Crippen LogP contribution in [-0.4, -0.2) is 16.3 Å². The summed E-state index contributed by atoms with van der Waals surface area (Å²) >= 11 is 0. The number of hydrogen-bond acceptors (Lipinski definition) is 2. The molecule has 0 fully saturated rings. The third-order valence-electron chi connectivity index (χ3n) is 4.01. The molecule has 0 aliphatic carbocycles. The lowest BCUT2D eigenvalue weighted by molar-refractivity contribution is 0.510. The summed E-state index contributed by atoms with van der Waals surface area (Å²) in [5.74, 6) is 0. The fraction of sp³-hybridized carbons (Fsp3) is 0.500. The van der Waals surface area contributed by atoms with Crippen LogP contribution in [0.2, 0.25) is 0 Å². The zero-order chi connectivity index (χ0) is 15.2. The zero-order valence-electron chi connectivity index (χ0n) is 13.7.